The van der Waals surface area contributed by atoms with Gasteiger partial charge in [0.05, 0.1) is 0 Å². The lowest BCUT2D eigenvalue weighted by atomic mass is 10.1. The van der Waals surface area contributed by atoms with E-state index >= 15 is 0 Å². The Morgan fingerprint density at radius 2 is 1.83 bits per heavy atom. The molecule has 0 heterocycles. The second-order valence-electron chi connectivity index (χ2n) is 4.36. The van der Waals surface area contributed by atoms with Gasteiger partial charge >= 0.3 is 5.97 Å². The monoisotopic (exact) mass is 369 g/mol. The van der Waals surface area contributed by atoms with Gasteiger partial charge in [0.1, 0.15) is 6.10 Å². The summed E-state index contributed by atoms with van der Waals surface area (Å²) >= 11 is 1.49. The summed E-state index contributed by atoms with van der Waals surface area (Å²) in [6.07, 6.45) is 1.47. The molecular weight excluding hydrogens is 349 g/mol. The van der Waals surface area contributed by atoms with Crippen LogP contribution in [0, 0.1) is 5.92 Å². The Kier molecular flexibility index (Phi) is 8.95. The summed E-state index contributed by atoms with van der Waals surface area (Å²) in [6.45, 7) is 5.97. The number of amides is 2. The third-order valence-electron chi connectivity index (χ3n) is 2.45. The minimum absolute atomic E-state index is 0.0674. The second kappa shape index (κ2) is 9.29. The van der Waals surface area contributed by atoms with Gasteiger partial charge in [-0.1, -0.05) is 20.8 Å². The van der Waals surface area contributed by atoms with Gasteiger partial charge in [-0.15, -0.1) is 0 Å². The molecule has 0 aliphatic carbocycles. The fourth-order valence-corrected chi connectivity index (χ4v) is 1.78. The molecule has 0 spiro atoms. The molecule has 0 radical (unpaired) electrons. The Hall–Kier alpha value is -0.660. The summed E-state index contributed by atoms with van der Waals surface area (Å²) in [7, 11) is 0. The van der Waals surface area contributed by atoms with Crippen molar-refractivity contribution in [1.82, 2.24) is 5.32 Å². The number of esters is 1. The Bertz CT molecular complexity index is 304. The van der Waals surface area contributed by atoms with Crippen LogP contribution in [0.1, 0.15) is 46.5 Å². The summed E-state index contributed by atoms with van der Waals surface area (Å²) < 4.78 is 4.87. The molecule has 2 amide bonds. The molecule has 0 saturated carbocycles. The number of rotatable bonds is 7. The van der Waals surface area contributed by atoms with Crippen LogP contribution < -0.4 is 5.32 Å². The van der Waals surface area contributed by atoms with E-state index in [1.165, 1.54) is 22.6 Å². The highest BCUT2D eigenvalue weighted by atomic mass is 127. The summed E-state index contributed by atoms with van der Waals surface area (Å²) in [4.78, 5) is 33.2. The van der Waals surface area contributed by atoms with E-state index in [1.54, 1.807) is 0 Å². The quantitative estimate of drug-likeness (QED) is 0.324. The zero-order valence-corrected chi connectivity index (χ0v) is 13.2. The van der Waals surface area contributed by atoms with E-state index in [4.69, 9.17) is 4.74 Å². The summed E-state index contributed by atoms with van der Waals surface area (Å²) in [5.74, 6) is -0.360. The number of hydrogen-bond acceptors (Lipinski definition) is 4. The van der Waals surface area contributed by atoms with Crippen molar-refractivity contribution in [2.75, 3.05) is 0 Å². The molecule has 1 unspecified atom stereocenters. The predicted octanol–water partition coefficient (Wildman–Crippen LogP) is 2.81. The topological polar surface area (TPSA) is 72.5 Å². The first kappa shape index (κ1) is 17.3. The van der Waals surface area contributed by atoms with Gasteiger partial charge in [-0.3, -0.25) is 19.7 Å². The van der Waals surface area contributed by atoms with Crippen LogP contribution >= 0.6 is 22.6 Å². The van der Waals surface area contributed by atoms with Crippen LogP contribution in [0.4, 0.5) is 4.79 Å². The molecule has 0 aliphatic heterocycles. The predicted molar refractivity (Wildman–Crippen MR) is 76.4 cm³/mol. The van der Waals surface area contributed by atoms with E-state index in [9.17, 15) is 14.4 Å². The van der Waals surface area contributed by atoms with Crippen molar-refractivity contribution in [3.8, 4) is 0 Å². The molecule has 0 aromatic heterocycles. The Morgan fingerprint density at radius 3 is 2.28 bits per heavy atom. The zero-order valence-electron chi connectivity index (χ0n) is 11.0. The maximum atomic E-state index is 11.5. The average molecular weight is 369 g/mol. The van der Waals surface area contributed by atoms with Crippen molar-refractivity contribution in [2.24, 2.45) is 5.92 Å². The Morgan fingerprint density at radius 1 is 1.22 bits per heavy atom. The molecule has 0 aromatic carbocycles. The van der Waals surface area contributed by atoms with Crippen LogP contribution in [0.3, 0.4) is 0 Å². The molecule has 0 aromatic rings. The van der Waals surface area contributed by atoms with Gasteiger partial charge in [0.25, 0.3) is 3.91 Å². The minimum Gasteiger partial charge on any atom is -0.462 e. The molecule has 0 saturated heterocycles. The standard InChI is InChI=1S/C12H20INO4/c1-4-9(8(2)3)18-11(16)7-5-6-10(15)14-12(13)17/h8-9H,4-7H2,1-3H3,(H,14,15,17). The average Bonchev–Trinajstić information content (AvgIpc) is 2.24. The third-order valence-corrected chi connectivity index (χ3v) is 2.72. The third kappa shape index (κ3) is 8.43. The van der Waals surface area contributed by atoms with Crippen molar-refractivity contribution >= 4 is 38.4 Å². The number of nitrogens with one attached hydrogen (secondary N) is 1. The van der Waals surface area contributed by atoms with Gasteiger partial charge in [0.2, 0.25) is 5.91 Å². The molecule has 0 rings (SSSR count). The fourth-order valence-electron chi connectivity index (χ4n) is 1.48. The fraction of sp³-hybridized carbons (Fsp3) is 0.750. The van der Waals surface area contributed by atoms with Gasteiger partial charge in [-0.2, -0.15) is 0 Å². The van der Waals surface area contributed by atoms with Crippen LogP contribution in [0.25, 0.3) is 0 Å². The van der Waals surface area contributed by atoms with Gasteiger partial charge in [-0.25, -0.2) is 0 Å². The molecule has 1 N–H and O–H groups in total. The van der Waals surface area contributed by atoms with Crippen molar-refractivity contribution < 1.29 is 19.1 Å². The molecule has 0 bridgehead atoms. The van der Waals surface area contributed by atoms with Gasteiger partial charge in [-0.05, 0) is 18.8 Å². The number of halogens is 1. The minimum atomic E-state index is -0.411. The maximum absolute atomic E-state index is 11.5. The summed E-state index contributed by atoms with van der Waals surface area (Å²) in [5.41, 5.74) is 0. The van der Waals surface area contributed by atoms with Crippen LogP contribution in [-0.4, -0.2) is 21.9 Å². The van der Waals surface area contributed by atoms with Crippen molar-refractivity contribution in [3.63, 3.8) is 0 Å². The molecule has 6 heteroatoms. The van der Waals surface area contributed by atoms with E-state index in [-0.39, 0.29) is 30.8 Å². The lowest BCUT2D eigenvalue weighted by Crippen LogP contribution is -2.25. The largest absolute Gasteiger partial charge is 0.462 e. The van der Waals surface area contributed by atoms with E-state index in [0.29, 0.717) is 12.3 Å². The first-order valence-electron chi connectivity index (χ1n) is 6.05. The normalized spacial score (nSPS) is 12.1. The highest BCUT2D eigenvalue weighted by Gasteiger charge is 2.16. The van der Waals surface area contributed by atoms with Gasteiger partial charge < -0.3 is 4.74 Å². The Labute approximate surface area is 121 Å². The van der Waals surface area contributed by atoms with Crippen molar-refractivity contribution in [2.45, 2.75) is 52.6 Å². The first-order chi connectivity index (χ1) is 8.36. The molecule has 0 aliphatic rings. The SMILES string of the molecule is CCC(OC(=O)CCCC(=O)NC(=O)I)C(C)C. The number of imide groups is 1. The molecule has 18 heavy (non-hydrogen) atoms. The summed E-state index contributed by atoms with van der Waals surface area (Å²) in [5, 5.41) is 2.14. The van der Waals surface area contributed by atoms with E-state index < -0.39 is 3.91 Å². The number of carbonyl (C=O) groups excluding carboxylic acids is 3. The van der Waals surface area contributed by atoms with E-state index in [2.05, 4.69) is 5.32 Å². The summed E-state index contributed by atoms with van der Waals surface area (Å²) in [6, 6.07) is 0. The van der Waals surface area contributed by atoms with Crippen molar-refractivity contribution in [1.29, 1.82) is 0 Å². The van der Waals surface area contributed by atoms with E-state index in [1.807, 2.05) is 20.8 Å². The highest BCUT2D eigenvalue weighted by molar-refractivity contribution is 14.1. The molecule has 5 nitrogen and oxygen atoms in total. The smallest absolute Gasteiger partial charge is 0.306 e. The number of hydrogen-bond donors (Lipinski definition) is 1. The van der Waals surface area contributed by atoms with Crippen LogP contribution in [0.15, 0.2) is 0 Å². The Balaban J connectivity index is 3.83. The van der Waals surface area contributed by atoms with Crippen molar-refractivity contribution in [3.05, 3.63) is 0 Å². The van der Waals surface area contributed by atoms with Crippen LogP contribution in [-0.2, 0) is 14.3 Å². The molecular formula is C12H20INO4. The van der Waals surface area contributed by atoms with Gasteiger partial charge in [0.15, 0.2) is 0 Å². The molecule has 1 atom stereocenters. The molecule has 0 fully saturated rings. The lowest BCUT2D eigenvalue weighted by Gasteiger charge is -2.19. The zero-order chi connectivity index (χ0) is 14.1. The maximum Gasteiger partial charge on any atom is 0.306 e. The van der Waals surface area contributed by atoms with Crippen LogP contribution in [0.2, 0.25) is 0 Å². The highest BCUT2D eigenvalue weighted by Crippen LogP contribution is 2.12. The second-order valence-corrected chi connectivity index (χ2v) is 5.34. The van der Waals surface area contributed by atoms with Crippen LogP contribution in [0.5, 0.6) is 0 Å². The first-order valence-corrected chi connectivity index (χ1v) is 7.13. The number of carbonyl (C=O) groups is 3. The lowest BCUT2D eigenvalue weighted by molar-refractivity contribution is -0.151. The molecule has 104 valence electrons. The van der Waals surface area contributed by atoms with Gasteiger partial charge in [0, 0.05) is 35.4 Å². The number of ether oxygens (including phenoxy) is 1. The van der Waals surface area contributed by atoms with E-state index in [0.717, 1.165) is 6.42 Å².